The Labute approximate surface area is 191 Å². The van der Waals surface area contributed by atoms with E-state index in [-0.39, 0.29) is 0 Å². The van der Waals surface area contributed by atoms with Crippen LogP contribution in [0.5, 0.6) is 0 Å². The zero-order valence-electron chi connectivity index (χ0n) is 18.9. The quantitative estimate of drug-likeness (QED) is 0.415. The molecule has 1 unspecified atom stereocenters. The van der Waals surface area contributed by atoms with Crippen LogP contribution >= 0.6 is 11.3 Å². The van der Waals surface area contributed by atoms with Crippen molar-refractivity contribution >= 4 is 33.5 Å². The second kappa shape index (κ2) is 12.7. The van der Waals surface area contributed by atoms with E-state index in [0.717, 1.165) is 58.8 Å². The van der Waals surface area contributed by atoms with Gasteiger partial charge >= 0.3 is 0 Å². The summed E-state index contributed by atoms with van der Waals surface area (Å²) in [7, 11) is 2.12. The number of aryl methyl sites for hydroxylation is 1. The summed E-state index contributed by atoms with van der Waals surface area (Å²) >= 11 is 1.68. The average Bonchev–Trinajstić information content (AvgIpc) is 3.06. The van der Waals surface area contributed by atoms with Crippen LogP contribution in [0.25, 0.3) is 0 Å². The number of fused-ring (bicyclic) bond motifs is 2. The van der Waals surface area contributed by atoms with Crippen molar-refractivity contribution in [3.63, 3.8) is 0 Å². The van der Waals surface area contributed by atoms with Crippen LogP contribution in [0.3, 0.4) is 0 Å². The largest absolute Gasteiger partial charge is 0.356 e. The first-order valence-corrected chi connectivity index (χ1v) is 11.4. The fourth-order valence-corrected chi connectivity index (χ4v) is 4.27. The number of terminal acetylenes is 1. The molecule has 1 aliphatic rings. The van der Waals surface area contributed by atoms with E-state index in [0.29, 0.717) is 6.04 Å². The highest BCUT2D eigenvalue weighted by Gasteiger charge is 2.24. The summed E-state index contributed by atoms with van der Waals surface area (Å²) in [6, 6.07) is 8.56. The molecule has 0 radical (unpaired) electrons. The number of rotatable bonds is 8. The Morgan fingerprint density at radius 1 is 1.26 bits per heavy atom. The topological polar surface area (TPSA) is 52.5 Å². The summed E-state index contributed by atoms with van der Waals surface area (Å²) in [5, 5.41) is 9.25. The number of hydrogen-bond donors (Lipinski definition) is 2. The summed E-state index contributed by atoms with van der Waals surface area (Å²) < 4.78 is 0. The zero-order valence-corrected chi connectivity index (χ0v) is 19.7. The third-order valence-electron chi connectivity index (χ3n) is 4.79. The van der Waals surface area contributed by atoms with E-state index >= 15 is 0 Å². The van der Waals surface area contributed by atoms with E-state index in [1.807, 2.05) is 32.0 Å². The number of thiazole rings is 1. The van der Waals surface area contributed by atoms with Crippen molar-refractivity contribution < 1.29 is 0 Å². The molecule has 1 aromatic heterocycles. The summed E-state index contributed by atoms with van der Waals surface area (Å²) in [5.41, 5.74) is 2.92. The highest BCUT2D eigenvalue weighted by atomic mass is 32.1. The predicted molar refractivity (Wildman–Crippen MR) is 136 cm³/mol. The Bertz CT molecular complexity index is 938. The number of likely N-dealkylation sites (N-methyl/N-ethyl adjacent to an activating group) is 2. The van der Waals surface area contributed by atoms with Crippen LogP contribution in [0, 0.1) is 19.8 Å². The molecule has 0 aliphatic carbocycles. The van der Waals surface area contributed by atoms with Gasteiger partial charge in [-0.25, -0.2) is 9.98 Å². The number of anilines is 2. The summed E-state index contributed by atoms with van der Waals surface area (Å²) in [4.78, 5) is 12.0. The van der Waals surface area contributed by atoms with Gasteiger partial charge in [0.25, 0.3) is 0 Å². The van der Waals surface area contributed by atoms with Crippen molar-refractivity contribution in [2.24, 2.45) is 4.99 Å². The first-order valence-electron chi connectivity index (χ1n) is 10.6. The van der Waals surface area contributed by atoms with Crippen LogP contribution in [-0.2, 0) is 0 Å². The van der Waals surface area contributed by atoms with Gasteiger partial charge in [0.2, 0.25) is 0 Å². The van der Waals surface area contributed by atoms with Gasteiger partial charge < -0.3 is 15.5 Å². The highest BCUT2D eigenvalue weighted by Crippen LogP contribution is 2.37. The van der Waals surface area contributed by atoms with Gasteiger partial charge in [0.1, 0.15) is 10.7 Å². The Morgan fingerprint density at radius 2 is 2.03 bits per heavy atom. The lowest BCUT2D eigenvalue weighted by atomic mass is 10.1. The molecule has 2 heterocycles. The van der Waals surface area contributed by atoms with Crippen LogP contribution in [0.4, 0.5) is 16.4 Å². The molecule has 5 nitrogen and oxygen atoms in total. The van der Waals surface area contributed by atoms with Crippen LogP contribution in [0.2, 0.25) is 0 Å². The number of allylic oxidation sites excluding steroid dienone is 4. The van der Waals surface area contributed by atoms with Gasteiger partial charge in [-0.2, -0.15) is 0 Å². The number of benzene rings is 1. The Kier molecular flexibility index (Phi) is 10.0. The SMILES string of the molecule is C#C.C/C=C\C=C/CCC(CN(C)C1=Nc2ccccc2Nc2sc(C)nc21)NCC. The minimum Gasteiger partial charge on any atom is -0.356 e. The lowest BCUT2D eigenvalue weighted by Gasteiger charge is -2.26. The molecule has 0 saturated heterocycles. The number of nitrogens with zero attached hydrogens (tertiary/aromatic N) is 3. The van der Waals surface area contributed by atoms with E-state index in [4.69, 9.17) is 9.98 Å². The van der Waals surface area contributed by atoms with Crippen LogP contribution < -0.4 is 10.6 Å². The van der Waals surface area contributed by atoms with Crippen molar-refractivity contribution in [1.82, 2.24) is 15.2 Å². The molecular formula is C25H33N5S. The molecule has 1 aliphatic heterocycles. The fraction of sp³-hybridized carbons (Fsp3) is 0.360. The van der Waals surface area contributed by atoms with E-state index in [1.54, 1.807) is 11.3 Å². The Balaban J connectivity index is 0.00000166. The number of hydrogen-bond acceptors (Lipinski definition) is 6. The molecule has 2 aromatic rings. The highest BCUT2D eigenvalue weighted by molar-refractivity contribution is 7.16. The maximum Gasteiger partial charge on any atom is 0.158 e. The fourth-order valence-electron chi connectivity index (χ4n) is 3.44. The molecule has 0 amide bonds. The second-order valence-electron chi connectivity index (χ2n) is 7.15. The molecule has 31 heavy (non-hydrogen) atoms. The minimum atomic E-state index is 0.387. The van der Waals surface area contributed by atoms with E-state index < -0.39 is 0 Å². The number of nitrogens with one attached hydrogen (secondary N) is 2. The maximum atomic E-state index is 5.00. The monoisotopic (exact) mass is 435 g/mol. The lowest BCUT2D eigenvalue weighted by molar-refractivity contribution is 0.383. The maximum absolute atomic E-state index is 5.00. The zero-order chi connectivity index (χ0) is 22.6. The summed E-state index contributed by atoms with van der Waals surface area (Å²) in [6.07, 6.45) is 18.6. The van der Waals surface area contributed by atoms with Gasteiger partial charge in [-0.05, 0) is 45.4 Å². The molecule has 0 saturated carbocycles. The van der Waals surface area contributed by atoms with Crippen molar-refractivity contribution in [3.8, 4) is 12.8 Å². The molecule has 1 aromatic carbocycles. The number of aromatic nitrogens is 1. The molecule has 6 heteroatoms. The third kappa shape index (κ3) is 6.81. The molecule has 164 valence electrons. The molecule has 0 spiro atoms. The van der Waals surface area contributed by atoms with Gasteiger partial charge in [-0.15, -0.1) is 24.2 Å². The molecule has 1 atom stereocenters. The van der Waals surface area contributed by atoms with E-state index in [9.17, 15) is 0 Å². The lowest BCUT2D eigenvalue weighted by Crippen LogP contribution is -2.42. The van der Waals surface area contributed by atoms with Crippen LogP contribution in [0.1, 0.15) is 37.4 Å². The van der Waals surface area contributed by atoms with Gasteiger partial charge in [-0.1, -0.05) is 43.4 Å². The first-order chi connectivity index (χ1) is 15.1. The molecule has 3 rings (SSSR count). The predicted octanol–water partition coefficient (Wildman–Crippen LogP) is 5.66. The van der Waals surface area contributed by atoms with E-state index in [2.05, 4.69) is 72.7 Å². The van der Waals surface area contributed by atoms with E-state index in [1.165, 1.54) is 0 Å². The molecule has 0 bridgehead atoms. The van der Waals surface area contributed by atoms with Gasteiger partial charge in [0.05, 0.1) is 16.4 Å². The van der Waals surface area contributed by atoms with Gasteiger partial charge in [0.15, 0.2) is 5.84 Å². The number of amidine groups is 1. The molecular weight excluding hydrogens is 402 g/mol. The normalized spacial score (nSPS) is 13.4. The second-order valence-corrected chi connectivity index (χ2v) is 8.36. The Hall–Kier alpha value is -2.88. The molecule has 0 fully saturated rings. The van der Waals surface area contributed by atoms with Gasteiger partial charge in [0, 0.05) is 19.6 Å². The van der Waals surface area contributed by atoms with Crippen molar-refractivity contribution in [2.75, 3.05) is 25.5 Å². The van der Waals surface area contributed by atoms with Crippen LogP contribution in [0.15, 0.2) is 53.6 Å². The minimum absolute atomic E-state index is 0.387. The van der Waals surface area contributed by atoms with Crippen molar-refractivity contribution in [2.45, 2.75) is 39.7 Å². The molecule has 2 N–H and O–H groups in total. The smallest absolute Gasteiger partial charge is 0.158 e. The van der Waals surface area contributed by atoms with Crippen molar-refractivity contribution in [1.29, 1.82) is 0 Å². The van der Waals surface area contributed by atoms with Crippen LogP contribution in [-0.4, -0.2) is 41.9 Å². The summed E-state index contributed by atoms with van der Waals surface area (Å²) in [5.74, 6) is 0.925. The Morgan fingerprint density at radius 3 is 2.77 bits per heavy atom. The van der Waals surface area contributed by atoms with Gasteiger partial charge in [-0.3, -0.25) is 0 Å². The standard InChI is InChI=1S/C23H31N5S.C2H2/c1-5-7-8-9-10-13-18(24-6-2)16-28(4)22-21-23(29-17(3)25-21)27-20-15-12-11-14-19(20)26-22;1-2/h5,7-9,11-12,14-15,18,24,27H,6,10,13,16H2,1-4H3;1-2H/b7-5-,9-8-;. The summed E-state index contributed by atoms with van der Waals surface area (Å²) in [6.45, 7) is 8.07. The first kappa shape index (κ1) is 24.4. The number of para-hydroxylation sites is 2. The van der Waals surface area contributed by atoms with Crippen molar-refractivity contribution in [3.05, 3.63) is 59.3 Å². The number of aliphatic imine (C=N–C) groups is 1. The average molecular weight is 436 g/mol. The third-order valence-corrected chi connectivity index (χ3v) is 5.68.